The summed E-state index contributed by atoms with van der Waals surface area (Å²) in [4.78, 5) is 8.60. The summed E-state index contributed by atoms with van der Waals surface area (Å²) in [7, 11) is 1.60. The highest BCUT2D eigenvalue weighted by atomic mass is 35.5. The van der Waals surface area contributed by atoms with E-state index >= 15 is 0 Å². The number of nitrogen functional groups attached to an aromatic ring is 1. The van der Waals surface area contributed by atoms with Crippen molar-refractivity contribution >= 4 is 28.9 Å². The van der Waals surface area contributed by atoms with E-state index in [0.717, 1.165) is 0 Å². The minimum atomic E-state index is 0.540. The largest absolute Gasteiger partial charge is 0.497 e. The average Bonchev–Trinajstić information content (AvgIpc) is 2.49. The molecule has 20 heavy (non-hydrogen) atoms. The molecule has 0 saturated heterocycles. The minimum absolute atomic E-state index is 0.540. The topological polar surface area (TPSA) is 85.1 Å². The van der Waals surface area contributed by atoms with Crippen LogP contribution >= 0.6 is 11.6 Å². The van der Waals surface area contributed by atoms with Crippen molar-refractivity contribution in [3.63, 3.8) is 0 Å². The first-order chi connectivity index (χ1) is 9.66. The van der Waals surface area contributed by atoms with Crippen molar-refractivity contribution in [2.24, 2.45) is 5.84 Å². The molecular weight excluding hydrogens is 278 g/mol. The van der Waals surface area contributed by atoms with Gasteiger partial charge in [0.15, 0.2) is 0 Å². The van der Waals surface area contributed by atoms with Gasteiger partial charge < -0.3 is 15.5 Å². The molecule has 0 saturated carbocycles. The smallest absolute Gasteiger partial charge is 0.145 e. The lowest BCUT2D eigenvalue weighted by Gasteiger charge is -2.11. The quantitative estimate of drug-likeness (QED) is 0.580. The normalized spacial score (nSPS) is 10.2. The maximum Gasteiger partial charge on any atom is 0.145 e. The van der Waals surface area contributed by atoms with Gasteiger partial charge in [-0.15, -0.1) is 0 Å². The molecule has 0 fully saturated rings. The number of nitrogens with two attached hydrogens (primary N) is 1. The summed E-state index contributed by atoms with van der Waals surface area (Å²) >= 11 is 6.15. The van der Waals surface area contributed by atoms with Crippen LogP contribution in [0.2, 0.25) is 5.02 Å². The van der Waals surface area contributed by atoms with Gasteiger partial charge in [-0.1, -0.05) is 18.5 Å². The number of hydrogen-bond donors (Lipinski definition) is 3. The monoisotopic (exact) mass is 293 g/mol. The number of methoxy groups -OCH3 is 1. The van der Waals surface area contributed by atoms with E-state index in [-0.39, 0.29) is 0 Å². The Hall–Kier alpha value is -2.05. The fourth-order valence-electron chi connectivity index (χ4n) is 1.66. The van der Waals surface area contributed by atoms with Crippen molar-refractivity contribution < 1.29 is 4.74 Å². The highest BCUT2D eigenvalue weighted by Gasteiger charge is 2.07. The van der Waals surface area contributed by atoms with E-state index in [2.05, 4.69) is 20.7 Å². The third-order valence-electron chi connectivity index (χ3n) is 2.67. The summed E-state index contributed by atoms with van der Waals surface area (Å²) in [6, 6.07) is 7.05. The lowest BCUT2D eigenvalue weighted by Crippen LogP contribution is -2.11. The Bertz CT molecular complexity index is 583. The van der Waals surface area contributed by atoms with Gasteiger partial charge in [0.25, 0.3) is 0 Å². The van der Waals surface area contributed by atoms with Crippen LogP contribution in [-0.2, 0) is 6.42 Å². The Morgan fingerprint density at radius 1 is 1.25 bits per heavy atom. The summed E-state index contributed by atoms with van der Waals surface area (Å²) in [5.41, 5.74) is 3.22. The van der Waals surface area contributed by atoms with E-state index in [1.807, 2.05) is 6.92 Å². The highest BCUT2D eigenvalue weighted by Crippen LogP contribution is 2.29. The third kappa shape index (κ3) is 3.28. The second-order valence-electron chi connectivity index (χ2n) is 4.02. The Labute approximate surface area is 122 Å². The number of anilines is 3. The first-order valence-electron chi connectivity index (χ1n) is 6.11. The van der Waals surface area contributed by atoms with Gasteiger partial charge in [0, 0.05) is 18.6 Å². The van der Waals surface area contributed by atoms with Crippen LogP contribution in [0.3, 0.4) is 0 Å². The number of hydrogen-bond acceptors (Lipinski definition) is 6. The molecular formula is C13H16ClN5O. The SMILES string of the molecule is CCc1nc(NN)cc(Nc2cc(OC)ccc2Cl)n1. The molecule has 2 aromatic rings. The van der Waals surface area contributed by atoms with E-state index in [9.17, 15) is 0 Å². The van der Waals surface area contributed by atoms with Crippen molar-refractivity contribution in [3.8, 4) is 5.75 Å². The van der Waals surface area contributed by atoms with E-state index < -0.39 is 0 Å². The number of benzene rings is 1. The molecule has 0 unspecified atom stereocenters. The Kier molecular flexibility index (Phi) is 4.60. The summed E-state index contributed by atoms with van der Waals surface area (Å²) in [5, 5.41) is 3.71. The van der Waals surface area contributed by atoms with E-state index in [0.29, 0.717) is 40.3 Å². The molecule has 0 atom stereocenters. The highest BCUT2D eigenvalue weighted by molar-refractivity contribution is 6.33. The van der Waals surface area contributed by atoms with E-state index in [4.69, 9.17) is 22.2 Å². The fourth-order valence-corrected chi connectivity index (χ4v) is 1.82. The van der Waals surface area contributed by atoms with Crippen molar-refractivity contribution in [1.82, 2.24) is 9.97 Å². The van der Waals surface area contributed by atoms with Crippen molar-refractivity contribution in [1.29, 1.82) is 0 Å². The number of aryl methyl sites for hydroxylation is 1. The molecule has 1 heterocycles. The first-order valence-corrected chi connectivity index (χ1v) is 6.49. The van der Waals surface area contributed by atoms with Crippen LogP contribution in [0.1, 0.15) is 12.7 Å². The molecule has 0 aliphatic carbocycles. The van der Waals surface area contributed by atoms with Gasteiger partial charge >= 0.3 is 0 Å². The summed E-state index contributed by atoms with van der Waals surface area (Å²) in [6.07, 6.45) is 0.704. The summed E-state index contributed by atoms with van der Waals surface area (Å²) in [6.45, 7) is 1.97. The molecule has 106 valence electrons. The van der Waals surface area contributed by atoms with Crippen molar-refractivity contribution in [3.05, 3.63) is 35.1 Å². The van der Waals surface area contributed by atoms with Gasteiger partial charge in [0.1, 0.15) is 23.2 Å². The number of halogens is 1. The summed E-state index contributed by atoms with van der Waals surface area (Å²) < 4.78 is 5.17. The molecule has 1 aromatic carbocycles. The third-order valence-corrected chi connectivity index (χ3v) is 3.00. The van der Waals surface area contributed by atoms with Crippen LogP contribution in [0, 0.1) is 0 Å². The van der Waals surface area contributed by atoms with Gasteiger partial charge in [0.05, 0.1) is 17.8 Å². The van der Waals surface area contributed by atoms with Crippen LogP contribution in [0.25, 0.3) is 0 Å². The van der Waals surface area contributed by atoms with Crippen LogP contribution in [0.15, 0.2) is 24.3 Å². The van der Waals surface area contributed by atoms with Crippen LogP contribution in [0.5, 0.6) is 5.75 Å². The number of hydrazine groups is 1. The lowest BCUT2D eigenvalue weighted by atomic mass is 10.3. The second kappa shape index (κ2) is 6.40. The first kappa shape index (κ1) is 14.4. The number of rotatable bonds is 5. The number of ether oxygens (including phenoxy) is 1. The number of nitrogens with zero attached hydrogens (tertiary/aromatic N) is 2. The molecule has 6 nitrogen and oxygen atoms in total. The summed E-state index contributed by atoms with van der Waals surface area (Å²) in [5.74, 6) is 7.94. The Balaban J connectivity index is 2.33. The van der Waals surface area contributed by atoms with Crippen molar-refractivity contribution in [2.75, 3.05) is 17.9 Å². The zero-order valence-electron chi connectivity index (χ0n) is 11.3. The average molecular weight is 294 g/mol. The molecule has 7 heteroatoms. The van der Waals surface area contributed by atoms with Crippen LogP contribution < -0.4 is 21.3 Å². The standard InChI is InChI=1S/C13H16ClN5O/c1-3-11-17-12(7-13(18-11)19-15)16-10-6-8(20-2)4-5-9(10)14/h4-7H,3,15H2,1-2H3,(H2,16,17,18,19). The zero-order valence-corrected chi connectivity index (χ0v) is 12.0. The number of nitrogens with one attached hydrogen (secondary N) is 2. The second-order valence-corrected chi connectivity index (χ2v) is 4.43. The molecule has 2 rings (SSSR count). The molecule has 0 spiro atoms. The van der Waals surface area contributed by atoms with E-state index in [1.54, 1.807) is 31.4 Å². The maximum absolute atomic E-state index is 6.15. The van der Waals surface area contributed by atoms with Gasteiger partial charge in [-0.2, -0.15) is 0 Å². The molecule has 4 N–H and O–H groups in total. The van der Waals surface area contributed by atoms with Crippen LogP contribution in [-0.4, -0.2) is 17.1 Å². The predicted octanol–water partition coefficient (Wildman–Crippen LogP) is 2.73. The Morgan fingerprint density at radius 3 is 2.65 bits per heavy atom. The zero-order chi connectivity index (χ0) is 14.5. The lowest BCUT2D eigenvalue weighted by molar-refractivity contribution is 0.415. The molecule has 0 amide bonds. The minimum Gasteiger partial charge on any atom is -0.497 e. The van der Waals surface area contributed by atoms with Crippen molar-refractivity contribution in [2.45, 2.75) is 13.3 Å². The van der Waals surface area contributed by atoms with Gasteiger partial charge in [-0.3, -0.25) is 0 Å². The van der Waals surface area contributed by atoms with Gasteiger partial charge in [-0.05, 0) is 12.1 Å². The van der Waals surface area contributed by atoms with Gasteiger partial charge in [0.2, 0.25) is 0 Å². The molecule has 1 aromatic heterocycles. The molecule has 0 radical (unpaired) electrons. The van der Waals surface area contributed by atoms with Crippen LogP contribution in [0.4, 0.5) is 17.3 Å². The maximum atomic E-state index is 6.15. The molecule has 0 aliphatic heterocycles. The van der Waals surface area contributed by atoms with Gasteiger partial charge in [-0.25, -0.2) is 15.8 Å². The predicted molar refractivity (Wildman–Crippen MR) is 80.5 cm³/mol. The fraction of sp³-hybridized carbons (Fsp3) is 0.231. The Morgan fingerprint density at radius 2 is 2.00 bits per heavy atom. The molecule has 0 bridgehead atoms. The molecule has 0 aliphatic rings. The number of aromatic nitrogens is 2. The van der Waals surface area contributed by atoms with E-state index in [1.165, 1.54) is 0 Å².